The normalized spacial score (nSPS) is 11.6. The molecule has 0 saturated carbocycles. The van der Waals surface area contributed by atoms with E-state index in [0.717, 1.165) is 17.8 Å². The predicted octanol–water partition coefficient (Wildman–Crippen LogP) is 3.00. The Balaban J connectivity index is 2.17. The maximum atomic E-state index is 12.7. The van der Waals surface area contributed by atoms with Gasteiger partial charge in [-0.25, -0.2) is 0 Å². The topological polar surface area (TPSA) is 90.7 Å². The standard InChI is InChI=1S/C11H9ClF3N5S/c12-7-2-1-5(3-6(7)11(13,14)15)21-4-8-18-9(16)20-10(17)19-8/h1-3H,4H2,(H4,16,17,18,19,20). The molecule has 0 amide bonds. The number of nitrogens with two attached hydrogens (primary N) is 2. The molecule has 0 spiro atoms. The first-order valence-corrected chi connectivity index (χ1v) is 6.87. The van der Waals surface area contributed by atoms with E-state index >= 15 is 0 Å². The number of alkyl halides is 3. The molecule has 5 nitrogen and oxygen atoms in total. The maximum Gasteiger partial charge on any atom is 0.417 e. The number of nitrogen functional groups attached to an aromatic ring is 2. The van der Waals surface area contributed by atoms with Crippen molar-refractivity contribution in [1.82, 2.24) is 15.0 Å². The minimum absolute atomic E-state index is 0.0369. The van der Waals surface area contributed by atoms with Crippen molar-refractivity contribution in [3.8, 4) is 0 Å². The second-order valence-corrected chi connectivity index (χ2v) is 5.35. The van der Waals surface area contributed by atoms with E-state index in [4.69, 9.17) is 23.1 Å². The highest BCUT2D eigenvalue weighted by atomic mass is 35.5. The molecular formula is C11H9ClF3N5S. The molecule has 112 valence electrons. The molecule has 0 radical (unpaired) electrons. The molecule has 0 saturated heterocycles. The molecule has 10 heteroatoms. The van der Waals surface area contributed by atoms with E-state index in [9.17, 15) is 13.2 Å². The van der Waals surface area contributed by atoms with Gasteiger partial charge in [0.1, 0.15) is 5.82 Å². The Morgan fingerprint density at radius 2 is 1.71 bits per heavy atom. The molecule has 0 bridgehead atoms. The van der Waals surface area contributed by atoms with Crippen LogP contribution in [0.1, 0.15) is 11.4 Å². The van der Waals surface area contributed by atoms with Gasteiger partial charge in [0.05, 0.1) is 16.3 Å². The van der Waals surface area contributed by atoms with Crippen LogP contribution >= 0.6 is 23.4 Å². The van der Waals surface area contributed by atoms with Crippen LogP contribution in [0, 0.1) is 0 Å². The minimum atomic E-state index is -4.50. The van der Waals surface area contributed by atoms with Crippen LogP contribution < -0.4 is 11.5 Å². The molecule has 0 fully saturated rings. The summed E-state index contributed by atoms with van der Waals surface area (Å²) in [5.41, 5.74) is 9.94. The summed E-state index contributed by atoms with van der Waals surface area (Å²) in [5.74, 6) is 0.416. The van der Waals surface area contributed by atoms with Crippen molar-refractivity contribution in [1.29, 1.82) is 0 Å². The van der Waals surface area contributed by atoms with E-state index < -0.39 is 11.7 Å². The molecule has 21 heavy (non-hydrogen) atoms. The van der Waals surface area contributed by atoms with Gasteiger partial charge in [-0.2, -0.15) is 28.1 Å². The molecule has 2 aromatic rings. The Hall–Kier alpha value is -1.74. The number of hydrogen-bond donors (Lipinski definition) is 2. The zero-order chi connectivity index (χ0) is 15.6. The maximum absolute atomic E-state index is 12.7. The van der Waals surface area contributed by atoms with Crippen molar-refractivity contribution >= 4 is 35.3 Å². The Labute approximate surface area is 126 Å². The van der Waals surface area contributed by atoms with Gasteiger partial charge in [0.2, 0.25) is 11.9 Å². The second-order valence-electron chi connectivity index (χ2n) is 3.90. The fourth-order valence-electron chi connectivity index (χ4n) is 1.48. The van der Waals surface area contributed by atoms with Crippen molar-refractivity contribution in [2.24, 2.45) is 0 Å². The summed E-state index contributed by atoms with van der Waals surface area (Å²) >= 11 is 6.65. The molecule has 4 N–H and O–H groups in total. The second kappa shape index (κ2) is 5.94. The molecule has 0 aliphatic carbocycles. The summed E-state index contributed by atoms with van der Waals surface area (Å²) in [7, 11) is 0. The lowest BCUT2D eigenvalue weighted by Crippen LogP contribution is -2.06. The molecule has 0 aliphatic rings. The third-order valence-corrected chi connectivity index (χ3v) is 3.65. The summed E-state index contributed by atoms with van der Waals surface area (Å²) in [4.78, 5) is 11.7. The molecule has 2 rings (SSSR count). The van der Waals surface area contributed by atoms with Crippen molar-refractivity contribution in [3.05, 3.63) is 34.6 Å². The number of nitrogens with zero attached hydrogens (tertiary/aromatic N) is 3. The highest BCUT2D eigenvalue weighted by Gasteiger charge is 2.33. The first kappa shape index (κ1) is 15.6. The van der Waals surface area contributed by atoms with Crippen LogP contribution in [0.25, 0.3) is 0 Å². The summed E-state index contributed by atoms with van der Waals surface area (Å²) in [5, 5.41) is -0.347. The molecular weight excluding hydrogens is 327 g/mol. The van der Waals surface area contributed by atoms with Crippen LogP contribution in [0.3, 0.4) is 0 Å². The van der Waals surface area contributed by atoms with Gasteiger partial charge in [0.25, 0.3) is 0 Å². The van der Waals surface area contributed by atoms with Gasteiger partial charge >= 0.3 is 6.18 Å². The summed E-state index contributed by atoms with van der Waals surface area (Å²) < 4.78 is 38.2. The number of thioether (sulfide) groups is 1. The van der Waals surface area contributed by atoms with E-state index in [1.54, 1.807) is 0 Å². The van der Waals surface area contributed by atoms with Gasteiger partial charge in [-0.15, -0.1) is 11.8 Å². The van der Waals surface area contributed by atoms with E-state index in [1.165, 1.54) is 12.1 Å². The number of hydrogen-bond acceptors (Lipinski definition) is 6. The molecule has 1 aromatic heterocycles. The fraction of sp³-hybridized carbons (Fsp3) is 0.182. The van der Waals surface area contributed by atoms with Crippen molar-refractivity contribution in [2.45, 2.75) is 16.8 Å². The van der Waals surface area contributed by atoms with Crippen LogP contribution in [-0.2, 0) is 11.9 Å². The summed E-state index contributed by atoms with van der Waals surface area (Å²) in [6.07, 6.45) is -4.50. The Kier molecular flexibility index (Phi) is 4.43. The number of aromatic nitrogens is 3. The molecule has 0 atom stereocenters. The lowest BCUT2D eigenvalue weighted by molar-refractivity contribution is -0.137. The van der Waals surface area contributed by atoms with Gasteiger partial charge in [-0.05, 0) is 18.2 Å². The van der Waals surface area contributed by atoms with E-state index in [1.807, 2.05) is 0 Å². The van der Waals surface area contributed by atoms with E-state index in [2.05, 4.69) is 15.0 Å². The average Bonchev–Trinajstić information content (AvgIpc) is 2.35. The molecule has 1 heterocycles. The van der Waals surface area contributed by atoms with Gasteiger partial charge in [-0.3, -0.25) is 0 Å². The van der Waals surface area contributed by atoms with Gasteiger partial charge in [-0.1, -0.05) is 11.6 Å². The number of halogens is 4. The van der Waals surface area contributed by atoms with Crippen molar-refractivity contribution in [2.75, 3.05) is 11.5 Å². The Bertz CT molecular complexity index is 645. The molecule has 0 aliphatic heterocycles. The monoisotopic (exact) mass is 335 g/mol. The molecule has 0 unspecified atom stereocenters. The van der Waals surface area contributed by atoms with Crippen LogP contribution in [-0.4, -0.2) is 15.0 Å². The quantitative estimate of drug-likeness (QED) is 0.838. The fourth-order valence-corrected chi connectivity index (χ4v) is 2.50. The predicted molar refractivity (Wildman–Crippen MR) is 74.7 cm³/mol. The highest BCUT2D eigenvalue weighted by Crippen LogP contribution is 2.37. The Morgan fingerprint density at radius 3 is 2.29 bits per heavy atom. The smallest absolute Gasteiger partial charge is 0.368 e. The summed E-state index contributed by atoms with van der Waals surface area (Å²) in [6.45, 7) is 0. The zero-order valence-electron chi connectivity index (χ0n) is 10.4. The van der Waals surface area contributed by atoms with Crippen molar-refractivity contribution < 1.29 is 13.2 Å². The highest BCUT2D eigenvalue weighted by molar-refractivity contribution is 7.98. The first-order chi connectivity index (χ1) is 9.75. The van der Waals surface area contributed by atoms with Crippen LogP contribution in [0.15, 0.2) is 23.1 Å². The number of benzene rings is 1. The van der Waals surface area contributed by atoms with E-state index in [0.29, 0.717) is 4.90 Å². The third kappa shape index (κ3) is 4.11. The number of rotatable bonds is 3. The molecule has 1 aromatic carbocycles. The van der Waals surface area contributed by atoms with Gasteiger partial charge < -0.3 is 11.5 Å². The van der Waals surface area contributed by atoms with Crippen LogP contribution in [0.5, 0.6) is 0 Å². The zero-order valence-corrected chi connectivity index (χ0v) is 11.9. The van der Waals surface area contributed by atoms with Crippen LogP contribution in [0.4, 0.5) is 25.1 Å². The minimum Gasteiger partial charge on any atom is -0.368 e. The van der Waals surface area contributed by atoms with Crippen LogP contribution in [0.2, 0.25) is 5.02 Å². The van der Waals surface area contributed by atoms with Crippen molar-refractivity contribution in [3.63, 3.8) is 0 Å². The lowest BCUT2D eigenvalue weighted by Gasteiger charge is -2.10. The third-order valence-electron chi connectivity index (χ3n) is 2.33. The lowest BCUT2D eigenvalue weighted by atomic mass is 10.2. The van der Waals surface area contributed by atoms with E-state index in [-0.39, 0.29) is 28.5 Å². The van der Waals surface area contributed by atoms with Gasteiger partial charge in [0.15, 0.2) is 0 Å². The average molecular weight is 336 g/mol. The largest absolute Gasteiger partial charge is 0.417 e. The summed E-state index contributed by atoms with van der Waals surface area (Å²) in [6, 6.07) is 3.65. The Morgan fingerprint density at radius 1 is 1.10 bits per heavy atom. The number of anilines is 2. The first-order valence-electron chi connectivity index (χ1n) is 5.51. The SMILES string of the molecule is Nc1nc(N)nc(CSc2ccc(Cl)c(C(F)(F)F)c2)n1. The van der Waals surface area contributed by atoms with Gasteiger partial charge in [0, 0.05) is 4.90 Å².